The second-order valence-corrected chi connectivity index (χ2v) is 4.16. The van der Waals surface area contributed by atoms with Gasteiger partial charge >= 0.3 is 0 Å². The first kappa shape index (κ1) is 11.8. The third-order valence-corrected chi connectivity index (χ3v) is 3.08. The summed E-state index contributed by atoms with van der Waals surface area (Å²) in [6, 6.07) is 3.96. The van der Waals surface area contributed by atoms with E-state index in [1.165, 1.54) is 0 Å². The predicted octanol–water partition coefficient (Wildman–Crippen LogP) is 1.63. The van der Waals surface area contributed by atoms with Gasteiger partial charge in [-0.1, -0.05) is 0 Å². The Kier molecular flexibility index (Phi) is 3.25. The van der Waals surface area contributed by atoms with Crippen LogP contribution >= 0.6 is 0 Å². The third kappa shape index (κ3) is 2.22. The Morgan fingerprint density at radius 3 is 2.53 bits per heavy atom. The largest absolute Gasteiger partial charge is 0.366 e. The standard InChI is InChI=1S/C12H13F2N3/c1-17(9-2-3-16-7-9)12-10(13)4-8(6-15)5-11(12)14/h4-5,9,16H,2-3,7H2,1H3. The Balaban J connectivity index is 2.35. The number of rotatable bonds is 2. The van der Waals surface area contributed by atoms with Crippen molar-refractivity contribution < 1.29 is 8.78 Å². The monoisotopic (exact) mass is 237 g/mol. The van der Waals surface area contributed by atoms with Crippen molar-refractivity contribution in [3.05, 3.63) is 29.3 Å². The first-order valence-corrected chi connectivity index (χ1v) is 5.46. The molecule has 0 amide bonds. The van der Waals surface area contributed by atoms with Crippen molar-refractivity contribution in [2.75, 3.05) is 25.0 Å². The molecule has 0 saturated carbocycles. The molecule has 1 atom stereocenters. The highest BCUT2D eigenvalue weighted by Gasteiger charge is 2.24. The minimum atomic E-state index is -0.684. The van der Waals surface area contributed by atoms with E-state index in [1.807, 2.05) is 0 Å². The SMILES string of the molecule is CN(c1c(F)cc(C#N)cc1F)C1CCNC1. The van der Waals surface area contributed by atoms with Gasteiger partial charge in [0.25, 0.3) is 0 Å². The van der Waals surface area contributed by atoms with Crippen LogP contribution in [0.3, 0.4) is 0 Å². The van der Waals surface area contributed by atoms with Crippen LogP contribution in [0.25, 0.3) is 0 Å². The minimum absolute atomic E-state index is 0.00157. The van der Waals surface area contributed by atoms with Crippen molar-refractivity contribution in [1.29, 1.82) is 5.26 Å². The van der Waals surface area contributed by atoms with Crippen LogP contribution in [-0.2, 0) is 0 Å². The molecule has 5 heteroatoms. The summed E-state index contributed by atoms with van der Waals surface area (Å²) in [5.41, 5.74) is -0.0561. The number of likely N-dealkylation sites (N-methyl/N-ethyl adjacent to an activating group) is 1. The van der Waals surface area contributed by atoms with Gasteiger partial charge in [-0.05, 0) is 25.1 Å². The van der Waals surface area contributed by atoms with E-state index in [2.05, 4.69) is 5.32 Å². The molecular weight excluding hydrogens is 224 g/mol. The Hall–Kier alpha value is -1.67. The highest BCUT2D eigenvalue weighted by Crippen LogP contribution is 2.26. The van der Waals surface area contributed by atoms with Crippen LogP contribution < -0.4 is 10.2 Å². The van der Waals surface area contributed by atoms with Crippen LogP contribution in [-0.4, -0.2) is 26.2 Å². The van der Waals surface area contributed by atoms with Gasteiger partial charge in [0.2, 0.25) is 0 Å². The molecule has 1 saturated heterocycles. The van der Waals surface area contributed by atoms with E-state index in [1.54, 1.807) is 18.0 Å². The molecule has 1 unspecified atom stereocenters. The topological polar surface area (TPSA) is 39.1 Å². The summed E-state index contributed by atoms with van der Waals surface area (Å²) in [5.74, 6) is -1.37. The summed E-state index contributed by atoms with van der Waals surface area (Å²) in [6.07, 6.45) is 0.857. The molecule has 1 aliphatic rings. The molecule has 1 N–H and O–H groups in total. The molecule has 0 spiro atoms. The van der Waals surface area contributed by atoms with Crippen molar-refractivity contribution in [2.24, 2.45) is 0 Å². The number of halogens is 2. The number of hydrogen-bond donors (Lipinski definition) is 1. The normalized spacial score (nSPS) is 19.1. The number of nitrogens with zero attached hydrogens (tertiary/aromatic N) is 2. The second-order valence-electron chi connectivity index (χ2n) is 4.16. The molecule has 1 fully saturated rings. The zero-order valence-electron chi connectivity index (χ0n) is 9.50. The van der Waals surface area contributed by atoms with Crippen molar-refractivity contribution in [2.45, 2.75) is 12.5 Å². The van der Waals surface area contributed by atoms with Gasteiger partial charge in [-0.3, -0.25) is 0 Å². The highest BCUT2D eigenvalue weighted by molar-refractivity contribution is 5.53. The van der Waals surface area contributed by atoms with Gasteiger partial charge in [-0.2, -0.15) is 5.26 Å². The molecule has 0 aliphatic carbocycles. The Labute approximate surface area is 98.6 Å². The van der Waals surface area contributed by atoms with Crippen molar-refractivity contribution in [1.82, 2.24) is 5.32 Å². The third-order valence-electron chi connectivity index (χ3n) is 3.08. The first-order valence-electron chi connectivity index (χ1n) is 5.46. The predicted molar refractivity (Wildman–Crippen MR) is 60.8 cm³/mol. The van der Waals surface area contributed by atoms with Gasteiger partial charge in [0.05, 0.1) is 11.6 Å². The van der Waals surface area contributed by atoms with E-state index < -0.39 is 11.6 Å². The van der Waals surface area contributed by atoms with Crippen LogP contribution in [0, 0.1) is 23.0 Å². The van der Waals surface area contributed by atoms with Crippen molar-refractivity contribution in [3.63, 3.8) is 0 Å². The maximum atomic E-state index is 13.7. The van der Waals surface area contributed by atoms with E-state index in [4.69, 9.17) is 5.26 Å². The maximum absolute atomic E-state index is 13.7. The van der Waals surface area contributed by atoms with E-state index in [-0.39, 0.29) is 17.3 Å². The zero-order chi connectivity index (χ0) is 12.4. The van der Waals surface area contributed by atoms with Gasteiger partial charge in [0.1, 0.15) is 5.69 Å². The number of benzene rings is 1. The fourth-order valence-electron chi connectivity index (χ4n) is 2.12. The number of hydrogen-bond acceptors (Lipinski definition) is 3. The Bertz CT molecular complexity index is 438. The fraction of sp³-hybridized carbons (Fsp3) is 0.417. The van der Waals surface area contributed by atoms with Crippen LogP contribution in [0.1, 0.15) is 12.0 Å². The molecule has 0 bridgehead atoms. The summed E-state index contributed by atoms with van der Waals surface area (Å²) in [6.45, 7) is 1.57. The van der Waals surface area contributed by atoms with Crippen LogP contribution in [0.2, 0.25) is 0 Å². The molecule has 1 heterocycles. The minimum Gasteiger partial charge on any atom is -0.366 e. The van der Waals surface area contributed by atoms with E-state index in [0.717, 1.165) is 31.6 Å². The van der Waals surface area contributed by atoms with E-state index in [9.17, 15) is 8.78 Å². The zero-order valence-corrected chi connectivity index (χ0v) is 9.50. The van der Waals surface area contributed by atoms with Crippen LogP contribution in [0.15, 0.2) is 12.1 Å². The summed E-state index contributed by atoms with van der Waals surface area (Å²) in [5, 5.41) is 11.8. The lowest BCUT2D eigenvalue weighted by Crippen LogP contribution is -2.34. The Morgan fingerprint density at radius 2 is 2.06 bits per heavy atom. The molecule has 2 rings (SSSR count). The second kappa shape index (κ2) is 4.68. The summed E-state index contributed by atoms with van der Waals surface area (Å²) in [4.78, 5) is 1.60. The van der Waals surface area contributed by atoms with Crippen molar-refractivity contribution >= 4 is 5.69 Å². The van der Waals surface area contributed by atoms with Gasteiger partial charge < -0.3 is 10.2 Å². The van der Waals surface area contributed by atoms with Gasteiger partial charge in [0.15, 0.2) is 11.6 Å². The lowest BCUT2D eigenvalue weighted by atomic mass is 10.1. The summed E-state index contributed by atoms with van der Waals surface area (Å²) >= 11 is 0. The number of anilines is 1. The lowest BCUT2D eigenvalue weighted by Gasteiger charge is -2.26. The molecular formula is C12H13F2N3. The van der Waals surface area contributed by atoms with E-state index >= 15 is 0 Å². The van der Waals surface area contributed by atoms with Crippen molar-refractivity contribution in [3.8, 4) is 6.07 Å². The molecule has 0 radical (unpaired) electrons. The smallest absolute Gasteiger partial charge is 0.150 e. The summed E-state index contributed by atoms with van der Waals surface area (Å²) < 4.78 is 27.5. The van der Waals surface area contributed by atoms with Gasteiger partial charge in [0, 0.05) is 19.6 Å². The van der Waals surface area contributed by atoms with E-state index in [0.29, 0.717) is 0 Å². The molecule has 1 aromatic carbocycles. The molecule has 1 aromatic rings. The number of nitrogens with one attached hydrogen (secondary N) is 1. The van der Waals surface area contributed by atoms with Gasteiger partial charge in [-0.15, -0.1) is 0 Å². The highest BCUT2D eigenvalue weighted by atomic mass is 19.1. The molecule has 17 heavy (non-hydrogen) atoms. The molecule has 3 nitrogen and oxygen atoms in total. The van der Waals surface area contributed by atoms with Crippen LogP contribution in [0.5, 0.6) is 0 Å². The lowest BCUT2D eigenvalue weighted by molar-refractivity contribution is 0.560. The molecule has 1 aliphatic heterocycles. The molecule has 90 valence electrons. The average Bonchev–Trinajstić information content (AvgIpc) is 2.81. The quantitative estimate of drug-likeness (QED) is 0.849. The Morgan fingerprint density at radius 1 is 1.41 bits per heavy atom. The number of nitriles is 1. The fourth-order valence-corrected chi connectivity index (χ4v) is 2.12. The summed E-state index contributed by atoms with van der Waals surface area (Å²) in [7, 11) is 1.67. The molecule has 0 aromatic heterocycles. The van der Waals surface area contributed by atoms with Gasteiger partial charge in [-0.25, -0.2) is 8.78 Å². The average molecular weight is 237 g/mol. The first-order chi connectivity index (χ1) is 8.13. The maximum Gasteiger partial charge on any atom is 0.150 e. The van der Waals surface area contributed by atoms with Crippen LogP contribution in [0.4, 0.5) is 14.5 Å².